The van der Waals surface area contributed by atoms with Gasteiger partial charge in [-0.2, -0.15) is 0 Å². The lowest BCUT2D eigenvalue weighted by atomic mass is 9.91. The second-order valence-corrected chi connectivity index (χ2v) is 7.99. The van der Waals surface area contributed by atoms with Crippen LogP contribution in [0.4, 0.5) is 5.69 Å². The van der Waals surface area contributed by atoms with E-state index in [1.54, 1.807) is 12.1 Å². The fourth-order valence-corrected chi connectivity index (χ4v) is 4.48. The maximum absolute atomic E-state index is 12.3. The summed E-state index contributed by atoms with van der Waals surface area (Å²) in [6.07, 6.45) is 5.50. The Bertz CT molecular complexity index is 621. The van der Waals surface area contributed by atoms with Crippen molar-refractivity contribution < 1.29 is 8.42 Å². The van der Waals surface area contributed by atoms with E-state index in [4.69, 9.17) is 18.0 Å². The number of nitrogens with one attached hydrogen (secondary N) is 1. The van der Waals surface area contributed by atoms with Gasteiger partial charge >= 0.3 is 0 Å². The molecule has 0 amide bonds. The van der Waals surface area contributed by atoms with E-state index in [9.17, 15) is 8.42 Å². The van der Waals surface area contributed by atoms with E-state index in [1.165, 1.54) is 6.42 Å². The molecule has 0 atom stereocenters. The van der Waals surface area contributed by atoms with Crippen molar-refractivity contribution in [2.24, 2.45) is 11.7 Å². The van der Waals surface area contributed by atoms with E-state index in [0.717, 1.165) is 31.2 Å². The number of aryl methyl sites for hydroxylation is 1. The molecule has 1 saturated carbocycles. The summed E-state index contributed by atoms with van der Waals surface area (Å²) in [6, 6.07) is 5.33. The molecule has 1 fully saturated rings. The maximum atomic E-state index is 12.3. The zero-order valence-corrected chi connectivity index (χ0v) is 13.9. The molecular weight excluding hydrogens is 304 g/mol. The van der Waals surface area contributed by atoms with Gasteiger partial charge in [-0.3, -0.25) is 4.72 Å². The van der Waals surface area contributed by atoms with Gasteiger partial charge in [-0.1, -0.05) is 43.6 Å². The molecule has 1 aromatic carbocycles. The van der Waals surface area contributed by atoms with E-state index in [1.807, 2.05) is 13.0 Å². The first kappa shape index (κ1) is 16.2. The molecule has 0 unspecified atom stereocenters. The van der Waals surface area contributed by atoms with Crippen molar-refractivity contribution in [1.29, 1.82) is 0 Å². The summed E-state index contributed by atoms with van der Waals surface area (Å²) >= 11 is 4.94. The van der Waals surface area contributed by atoms with Crippen molar-refractivity contribution >= 4 is 32.9 Å². The summed E-state index contributed by atoms with van der Waals surface area (Å²) in [7, 11) is -3.33. The van der Waals surface area contributed by atoms with Crippen LogP contribution in [0.15, 0.2) is 18.2 Å². The minimum atomic E-state index is -3.33. The Morgan fingerprint density at radius 1 is 1.33 bits per heavy atom. The van der Waals surface area contributed by atoms with Gasteiger partial charge < -0.3 is 5.73 Å². The predicted molar refractivity (Wildman–Crippen MR) is 91.1 cm³/mol. The highest BCUT2D eigenvalue weighted by molar-refractivity contribution is 7.92. The summed E-state index contributed by atoms with van der Waals surface area (Å²) in [5.41, 5.74) is 7.70. The quantitative estimate of drug-likeness (QED) is 0.816. The first-order valence-electron chi connectivity index (χ1n) is 7.28. The van der Waals surface area contributed by atoms with Gasteiger partial charge in [0.1, 0.15) is 4.99 Å². The summed E-state index contributed by atoms with van der Waals surface area (Å²) in [6.45, 7) is 1.86. The van der Waals surface area contributed by atoms with Gasteiger partial charge in [0, 0.05) is 5.56 Å². The number of rotatable bonds is 5. The molecule has 0 spiro atoms. The van der Waals surface area contributed by atoms with Crippen molar-refractivity contribution in [3.8, 4) is 0 Å². The van der Waals surface area contributed by atoms with Crippen LogP contribution in [0, 0.1) is 12.8 Å². The first-order chi connectivity index (χ1) is 9.87. The molecule has 0 radical (unpaired) electrons. The predicted octanol–water partition coefficient (Wildman–Crippen LogP) is 2.95. The van der Waals surface area contributed by atoms with E-state index < -0.39 is 10.0 Å². The van der Waals surface area contributed by atoms with Gasteiger partial charge in [0.05, 0.1) is 11.4 Å². The summed E-state index contributed by atoms with van der Waals surface area (Å²) < 4.78 is 27.3. The minimum absolute atomic E-state index is 0.198. The van der Waals surface area contributed by atoms with E-state index in [0.29, 0.717) is 11.3 Å². The van der Waals surface area contributed by atoms with Crippen LogP contribution in [0.25, 0.3) is 0 Å². The smallest absolute Gasteiger partial charge is 0.233 e. The van der Waals surface area contributed by atoms with Crippen molar-refractivity contribution in [3.05, 3.63) is 29.3 Å². The lowest BCUT2D eigenvalue weighted by Crippen LogP contribution is -2.24. The van der Waals surface area contributed by atoms with Gasteiger partial charge in [-0.15, -0.1) is 0 Å². The molecule has 0 heterocycles. The van der Waals surface area contributed by atoms with Gasteiger partial charge in [-0.05, 0) is 37.3 Å². The van der Waals surface area contributed by atoms with Crippen LogP contribution >= 0.6 is 12.2 Å². The summed E-state index contributed by atoms with van der Waals surface area (Å²) in [5, 5.41) is 0. The molecule has 0 saturated heterocycles. The average Bonchev–Trinajstić information content (AvgIpc) is 2.41. The zero-order chi connectivity index (χ0) is 15.5. The molecule has 2 rings (SSSR count). The van der Waals surface area contributed by atoms with Crippen LogP contribution in [0.2, 0.25) is 0 Å². The van der Waals surface area contributed by atoms with Gasteiger partial charge in [0.2, 0.25) is 10.0 Å². The molecule has 1 aromatic rings. The second kappa shape index (κ2) is 6.75. The van der Waals surface area contributed by atoms with E-state index >= 15 is 0 Å². The lowest BCUT2D eigenvalue weighted by Gasteiger charge is -2.22. The number of benzene rings is 1. The number of hydrogen-bond donors (Lipinski definition) is 2. The van der Waals surface area contributed by atoms with E-state index in [-0.39, 0.29) is 16.7 Å². The number of sulfonamides is 1. The van der Waals surface area contributed by atoms with Gasteiger partial charge in [-0.25, -0.2) is 8.42 Å². The molecule has 0 aromatic heterocycles. The SMILES string of the molecule is Cc1ccc(C(N)=S)cc1NS(=O)(=O)CC1CCCCC1. The Morgan fingerprint density at radius 2 is 2.00 bits per heavy atom. The molecule has 0 bridgehead atoms. The molecule has 1 aliphatic carbocycles. The third-order valence-corrected chi connectivity index (χ3v) is 5.64. The third-order valence-electron chi connectivity index (χ3n) is 3.97. The van der Waals surface area contributed by atoms with Crippen LogP contribution in [0.1, 0.15) is 43.2 Å². The van der Waals surface area contributed by atoms with Crippen LogP contribution in [-0.2, 0) is 10.0 Å². The highest BCUT2D eigenvalue weighted by Crippen LogP contribution is 2.26. The Labute approximate surface area is 132 Å². The van der Waals surface area contributed by atoms with Crippen molar-refractivity contribution in [2.75, 3.05) is 10.5 Å². The monoisotopic (exact) mass is 326 g/mol. The third kappa shape index (κ3) is 4.68. The highest BCUT2D eigenvalue weighted by Gasteiger charge is 2.21. The maximum Gasteiger partial charge on any atom is 0.233 e. The van der Waals surface area contributed by atoms with E-state index in [2.05, 4.69) is 4.72 Å². The summed E-state index contributed by atoms with van der Waals surface area (Å²) in [5.74, 6) is 0.472. The number of thiocarbonyl (C=S) groups is 1. The number of hydrogen-bond acceptors (Lipinski definition) is 3. The first-order valence-corrected chi connectivity index (χ1v) is 9.34. The Balaban J connectivity index is 2.12. The molecule has 1 aliphatic rings. The molecule has 0 aliphatic heterocycles. The molecule has 4 nitrogen and oxygen atoms in total. The minimum Gasteiger partial charge on any atom is -0.389 e. The average molecular weight is 326 g/mol. The van der Waals surface area contributed by atoms with Crippen LogP contribution < -0.4 is 10.5 Å². The largest absolute Gasteiger partial charge is 0.389 e. The summed E-state index contributed by atoms with van der Waals surface area (Å²) in [4.78, 5) is 0.266. The second-order valence-electron chi connectivity index (χ2n) is 5.78. The van der Waals surface area contributed by atoms with Crippen molar-refractivity contribution in [1.82, 2.24) is 0 Å². The topological polar surface area (TPSA) is 72.2 Å². The molecule has 116 valence electrons. The molecule has 3 N–H and O–H groups in total. The highest BCUT2D eigenvalue weighted by atomic mass is 32.2. The molecular formula is C15H22N2O2S2. The fraction of sp³-hybridized carbons (Fsp3) is 0.533. The standard InChI is InChI=1S/C15H22N2O2S2/c1-11-7-8-13(15(16)20)9-14(11)17-21(18,19)10-12-5-3-2-4-6-12/h7-9,12,17H,2-6,10H2,1H3,(H2,16,20). The van der Waals surface area contributed by atoms with Gasteiger partial charge in [0.25, 0.3) is 0 Å². The molecule has 21 heavy (non-hydrogen) atoms. The fourth-order valence-electron chi connectivity index (χ4n) is 2.76. The normalized spacial score (nSPS) is 16.6. The van der Waals surface area contributed by atoms with Gasteiger partial charge in [0.15, 0.2) is 0 Å². The lowest BCUT2D eigenvalue weighted by molar-refractivity contribution is 0.385. The molecule has 6 heteroatoms. The van der Waals surface area contributed by atoms with Crippen molar-refractivity contribution in [2.45, 2.75) is 39.0 Å². The zero-order valence-electron chi connectivity index (χ0n) is 12.3. The Hall–Kier alpha value is -1.14. The Morgan fingerprint density at radius 3 is 2.62 bits per heavy atom. The van der Waals surface area contributed by atoms with Crippen molar-refractivity contribution in [3.63, 3.8) is 0 Å². The number of nitrogens with two attached hydrogens (primary N) is 1. The Kier molecular flexibility index (Phi) is 5.22. The van der Waals surface area contributed by atoms with Crippen LogP contribution in [0.5, 0.6) is 0 Å². The van der Waals surface area contributed by atoms with Crippen LogP contribution in [-0.4, -0.2) is 19.2 Å². The number of anilines is 1. The van der Waals surface area contributed by atoms with Crippen LogP contribution in [0.3, 0.4) is 0 Å².